The number of aryl methyl sites for hydroxylation is 2. The molecule has 5 heteroatoms. The summed E-state index contributed by atoms with van der Waals surface area (Å²) in [5, 5.41) is 3.57. The zero-order chi connectivity index (χ0) is 15.9. The fourth-order valence-corrected chi connectivity index (χ4v) is 2.24. The fraction of sp³-hybridized carbons (Fsp3) is 0.588. The molecule has 2 rings (SSSR count). The van der Waals surface area contributed by atoms with Gasteiger partial charge in [-0.25, -0.2) is 0 Å². The number of halogens is 1. The van der Waals surface area contributed by atoms with E-state index >= 15 is 0 Å². The first-order valence-corrected chi connectivity index (χ1v) is 8.18. The van der Waals surface area contributed by atoms with Crippen LogP contribution in [0.15, 0.2) is 12.1 Å². The average molecular weight is 326 g/mol. The lowest BCUT2D eigenvalue weighted by molar-refractivity contribution is -0.123. The molecule has 4 nitrogen and oxygen atoms in total. The van der Waals surface area contributed by atoms with Gasteiger partial charge < -0.3 is 14.8 Å². The molecule has 0 spiro atoms. The van der Waals surface area contributed by atoms with Gasteiger partial charge in [-0.1, -0.05) is 11.6 Å². The molecule has 122 valence electrons. The topological polar surface area (TPSA) is 47.6 Å². The van der Waals surface area contributed by atoms with E-state index < -0.39 is 0 Å². The van der Waals surface area contributed by atoms with E-state index in [-0.39, 0.29) is 12.5 Å². The molecule has 0 heterocycles. The third-order valence-electron chi connectivity index (χ3n) is 3.62. The zero-order valence-electron chi connectivity index (χ0n) is 13.3. The minimum absolute atomic E-state index is 0.0173. The van der Waals surface area contributed by atoms with Gasteiger partial charge in [0.15, 0.2) is 6.61 Å². The molecule has 0 atom stereocenters. The van der Waals surface area contributed by atoms with Gasteiger partial charge in [0.2, 0.25) is 0 Å². The van der Waals surface area contributed by atoms with Crippen LogP contribution in [0.1, 0.15) is 30.4 Å². The van der Waals surface area contributed by atoms with Crippen LogP contribution in [0, 0.1) is 19.8 Å². The molecule has 0 unspecified atom stereocenters. The predicted octanol–water partition coefficient (Wildman–Crippen LogP) is 3.27. The predicted molar refractivity (Wildman–Crippen MR) is 87.6 cm³/mol. The highest BCUT2D eigenvalue weighted by molar-refractivity contribution is 6.32. The standard InChI is InChI=1S/C17H24ClNO3/c1-12-8-15(9-13(2)17(12)18)22-11-16(20)19-6-3-7-21-10-14-4-5-14/h8-9,14H,3-7,10-11H2,1-2H3,(H,19,20). The van der Waals surface area contributed by atoms with Crippen molar-refractivity contribution >= 4 is 17.5 Å². The number of hydrogen-bond donors (Lipinski definition) is 1. The monoisotopic (exact) mass is 325 g/mol. The number of amides is 1. The highest BCUT2D eigenvalue weighted by atomic mass is 35.5. The van der Waals surface area contributed by atoms with E-state index in [1.54, 1.807) is 0 Å². The molecule has 1 N–H and O–H groups in total. The van der Waals surface area contributed by atoms with Gasteiger partial charge in [0.1, 0.15) is 5.75 Å². The number of rotatable bonds is 9. The number of hydrogen-bond acceptors (Lipinski definition) is 3. The van der Waals surface area contributed by atoms with Gasteiger partial charge in [-0.15, -0.1) is 0 Å². The molecule has 1 aromatic rings. The molecule has 0 radical (unpaired) electrons. The van der Waals surface area contributed by atoms with Gasteiger partial charge in [-0.05, 0) is 62.3 Å². The summed E-state index contributed by atoms with van der Waals surface area (Å²) in [6.07, 6.45) is 3.44. The van der Waals surface area contributed by atoms with E-state index in [4.69, 9.17) is 21.1 Å². The Morgan fingerprint density at radius 3 is 2.64 bits per heavy atom. The summed E-state index contributed by atoms with van der Waals surface area (Å²) >= 11 is 6.10. The third-order valence-corrected chi connectivity index (χ3v) is 4.21. The Hall–Kier alpha value is -1.26. The van der Waals surface area contributed by atoms with Crippen molar-refractivity contribution < 1.29 is 14.3 Å². The van der Waals surface area contributed by atoms with Gasteiger partial charge in [0.25, 0.3) is 5.91 Å². The van der Waals surface area contributed by atoms with E-state index in [1.165, 1.54) is 12.8 Å². The molecule has 1 fully saturated rings. The Kier molecular flexibility index (Phi) is 6.52. The Balaban J connectivity index is 1.58. The largest absolute Gasteiger partial charge is 0.484 e. The maximum absolute atomic E-state index is 11.7. The van der Waals surface area contributed by atoms with Gasteiger partial charge >= 0.3 is 0 Å². The lowest BCUT2D eigenvalue weighted by Crippen LogP contribution is -2.30. The minimum Gasteiger partial charge on any atom is -0.484 e. The average Bonchev–Trinajstić information content (AvgIpc) is 3.30. The molecule has 1 aromatic carbocycles. The first kappa shape index (κ1) is 17.1. The molecule has 0 saturated heterocycles. The zero-order valence-corrected chi connectivity index (χ0v) is 14.0. The summed E-state index contributed by atoms with van der Waals surface area (Å²) in [4.78, 5) is 11.7. The smallest absolute Gasteiger partial charge is 0.257 e. The van der Waals surface area contributed by atoms with Crippen LogP contribution in [-0.2, 0) is 9.53 Å². The van der Waals surface area contributed by atoms with Crippen LogP contribution in [0.2, 0.25) is 5.02 Å². The lowest BCUT2D eigenvalue weighted by atomic mass is 10.1. The van der Waals surface area contributed by atoms with Gasteiger partial charge in [0.05, 0.1) is 0 Å². The van der Waals surface area contributed by atoms with Crippen molar-refractivity contribution in [1.82, 2.24) is 5.32 Å². The normalized spacial score (nSPS) is 14.0. The van der Waals surface area contributed by atoms with Crippen molar-refractivity contribution in [1.29, 1.82) is 0 Å². The molecule has 1 aliphatic rings. The summed E-state index contributed by atoms with van der Waals surface area (Å²) in [6.45, 7) is 6.04. The Bertz CT molecular complexity index is 492. The summed E-state index contributed by atoms with van der Waals surface area (Å²) < 4.78 is 11.0. The summed E-state index contributed by atoms with van der Waals surface area (Å²) in [7, 11) is 0. The second-order valence-electron chi connectivity index (χ2n) is 5.88. The van der Waals surface area contributed by atoms with E-state index in [1.807, 2.05) is 26.0 Å². The van der Waals surface area contributed by atoms with Crippen LogP contribution in [0.25, 0.3) is 0 Å². The van der Waals surface area contributed by atoms with E-state index in [0.29, 0.717) is 18.9 Å². The first-order chi connectivity index (χ1) is 10.6. The molecule has 1 amide bonds. The van der Waals surface area contributed by atoms with Crippen molar-refractivity contribution in [2.75, 3.05) is 26.4 Å². The molecule has 0 bridgehead atoms. The maximum Gasteiger partial charge on any atom is 0.257 e. The summed E-state index contributed by atoms with van der Waals surface area (Å²) in [5.41, 5.74) is 1.90. The van der Waals surface area contributed by atoms with Crippen LogP contribution in [0.4, 0.5) is 0 Å². The summed E-state index contributed by atoms with van der Waals surface area (Å²) in [5.74, 6) is 1.34. The molecule has 22 heavy (non-hydrogen) atoms. The fourth-order valence-electron chi connectivity index (χ4n) is 2.13. The summed E-state index contributed by atoms with van der Waals surface area (Å²) in [6, 6.07) is 3.68. The van der Waals surface area contributed by atoms with Gasteiger partial charge in [-0.2, -0.15) is 0 Å². The Labute approximate surface area is 137 Å². The van der Waals surface area contributed by atoms with E-state index in [9.17, 15) is 4.79 Å². The lowest BCUT2D eigenvalue weighted by Gasteiger charge is -2.10. The van der Waals surface area contributed by atoms with Crippen molar-refractivity contribution in [3.63, 3.8) is 0 Å². The Morgan fingerprint density at radius 1 is 1.32 bits per heavy atom. The van der Waals surface area contributed by atoms with Crippen LogP contribution < -0.4 is 10.1 Å². The number of carbonyl (C=O) groups excluding carboxylic acids is 1. The number of carbonyl (C=O) groups is 1. The molecule has 1 saturated carbocycles. The molecule has 0 aliphatic heterocycles. The third kappa shape index (κ3) is 5.85. The van der Waals surface area contributed by atoms with E-state index in [0.717, 1.165) is 35.1 Å². The highest BCUT2D eigenvalue weighted by Crippen LogP contribution is 2.28. The van der Waals surface area contributed by atoms with Crippen molar-refractivity contribution in [2.45, 2.75) is 33.1 Å². The quantitative estimate of drug-likeness (QED) is 0.709. The number of benzene rings is 1. The van der Waals surface area contributed by atoms with Crippen LogP contribution >= 0.6 is 11.6 Å². The molecule has 1 aliphatic carbocycles. The van der Waals surface area contributed by atoms with Gasteiger partial charge in [-0.3, -0.25) is 4.79 Å². The maximum atomic E-state index is 11.7. The highest BCUT2D eigenvalue weighted by Gasteiger charge is 2.20. The van der Waals surface area contributed by atoms with Crippen molar-refractivity contribution in [2.24, 2.45) is 5.92 Å². The second kappa shape index (κ2) is 8.39. The van der Waals surface area contributed by atoms with Crippen LogP contribution in [-0.4, -0.2) is 32.3 Å². The first-order valence-electron chi connectivity index (χ1n) is 7.80. The minimum atomic E-state index is -0.118. The van der Waals surface area contributed by atoms with Crippen LogP contribution in [0.5, 0.6) is 5.75 Å². The van der Waals surface area contributed by atoms with E-state index in [2.05, 4.69) is 5.32 Å². The van der Waals surface area contributed by atoms with Crippen molar-refractivity contribution in [3.05, 3.63) is 28.3 Å². The van der Waals surface area contributed by atoms with Crippen LogP contribution in [0.3, 0.4) is 0 Å². The van der Waals surface area contributed by atoms with Gasteiger partial charge in [0, 0.05) is 24.8 Å². The Morgan fingerprint density at radius 2 is 2.00 bits per heavy atom. The molecular formula is C17H24ClNO3. The number of nitrogens with one attached hydrogen (secondary N) is 1. The SMILES string of the molecule is Cc1cc(OCC(=O)NCCCOCC2CC2)cc(C)c1Cl. The molecule has 0 aromatic heterocycles. The molecular weight excluding hydrogens is 302 g/mol. The second-order valence-corrected chi connectivity index (χ2v) is 6.26. The number of ether oxygens (including phenoxy) is 2. The van der Waals surface area contributed by atoms with Crippen molar-refractivity contribution in [3.8, 4) is 5.75 Å².